The molecule has 2 aliphatic rings. The van der Waals surface area contributed by atoms with E-state index in [0.717, 1.165) is 65.8 Å². The van der Waals surface area contributed by atoms with Crippen molar-refractivity contribution in [3.63, 3.8) is 0 Å². The zero-order chi connectivity index (χ0) is 26.4. The average molecular weight is 555 g/mol. The average Bonchev–Trinajstić information content (AvgIpc) is 2.65. The van der Waals surface area contributed by atoms with Crippen molar-refractivity contribution in [1.82, 2.24) is 9.62 Å². The number of nitrogens with one attached hydrogen (secondary N) is 1. The Labute approximate surface area is 204 Å². The lowest BCUT2D eigenvalue weighted by Crippen LogP contribution is -2.54. The van der Waals surface area contributed by atoms with Crippen LogP contribution in [0.1, 0.15) is 12.8 Å². The molecule has 2 atom stereocenters. The topological polar surface area (TPSA) is 158 Å². The fourth-order valence-corrected chi connectivity index (χ4v) is 5.13. The van der Waals surface area contributed by atoms with Crippen LogP contribution in [0.2, 0.25) is 0 Å². The molecule has 0 aliphatic carbocycles. The van der Waals surface area contributed by atoms with Gasteiger partial charge in [0.25, 0.3) is 9.05 Å². The van der Waals surface area contributed by atoms with Crippen molar-refractivity contribution in [2.24, 2.45) is 0 Å². The lowest BCUT2D eigenvalue weighted by molar-refractivity contribution is -0.144. The summed E-state index contributed by atoms with van der Waals surface area (Å²) in [5.74, 6) is -2.93. The molecule has 2 aliphatic heterocycles. The summed E-state index contributed by atoms with van der Waals surface area (Å²) in [5, 5.41) is 19.7. The van der Waals surface area contributed by atoms with Gasteiger partial charge in [-0.3, -0.25) is 9.59 Å². The number of carbonyl (C=O) groups is 2. The van der Waals surface area contributed by atoms with Crippen LogP contribution in [0.15, 0.2) is 58.3 Å². The van der Waals surface area contributed by atoms with Crippen LogP contribution in [-0.2, 0) is 28.7 Å². The van der Waals surface area contributed by atoms with Crippen LogP contribution in [0.25, 0.3) is 0 Å². The van der Waals surface area contributed by atoms with E-state index in [4.69, 9.17) is 20.9 Å². The van der Waals surface area contributed by atoms with Crippen molar-refractivity contribution in [3.05, 3.63) is 60.2 Å². The van der Waals surface area contributed by atoms with E-state index in [2.05, 4.69) is 5.32 Å². The predicted molar refractivity (Wildman–Crippen MR) is 120 cm³/mol. The van der Waals surface area contributed by atoms with Crippen LogP contribution in [0, 0.1) is 11.6 Å². The number of benzene rings is 2. The van der Waals surface area contributed by atoms with Gasteiger partial charge in [0.2, 0.25) is 10.0 Å². The second-order valence-corrected chi connectivity index (χ2v) is 11.7. The summed E-state index contributed by atoms with van der Waals surface area (Å²) in [6.07, 6.45) is 1.09. The summed E-state index contributed by atoms with van der Waals surface area (Å²) in [6.45, 7) is 1.04. The highest BCUT2D eigenvalue weighted by Gasteiger charge is 2.42. The van der Waals surface area contributed by atoms with E-state index in [-0.39, 0.29) is 22.4 Å². The van der Waals surface area contributed by atoms with Crippen molar-refractivity contribution in [2.75, 3.05) is 13.1 Å². The third-order valence-electron chi connectivity index (χ3n) is 4.89. The monoisotopic (exact) mass is 554 g/mol. The number of nitrogens with zero attached hydrogens (tertiary/aromatic N) is 1. The minimum atomic E-state index is -3.83. The van der Waals surface area contributed by atoms with Crippen molar-refractivity contribution >= 4 is 41.7 Å². The molecule has 4 rings (SSSR count). The van der Waals surface area contributed by atoms with E-state index in [1.165, 1.54) is 0 Å². The van der Waals surface area contributed by atoms with Crippen LogP contribution in [0.4, 0.5) is 8.78 Å². The zero-order valence-corrected chi connectivity index (χ0v) is 20.2. The molecule has 2 aromatic carbocycles. The second kappa shape index (κ2) is 11.9. The number of carboxylic acid groups (broad SMARTS) is 2. The van der Waals surface area contributed by atoms with Crippen molar-refractivity contribution < 1.29 is 45.4 Å². The van der Waals surface area contributed by atoms with Gasteiger partial charge in [0.05, 0.1) is 9.79 Å². The fraction of sp³-hybridized carbons (Fsp3) is 0.300. The van der Waals surface area contributed by atoms with E-state index in [1.54, 1.807) is 0 Å². The number of hydrogen-bond acceptors (Lipinski definition) is 7. The number of rotatable bonds is 5. The first-order chi connectivity index (χ1) is 16.2. The molecular weight excluding hydrogens is 534 g/mol. The molecular formula is C20H21ClF2N2O8S2. The normalized spacial score (nSPS) is 19.5. The maximum absolute atomic E-state index is 12.7. The minimum absolute atomic E-state index is 0.0927. The molecule has 0 spiro atoms. The van der Waals surface area contributed by atoms with Gasteiger partial charge in [-0.15, -0.1) is 0 Å². The molecule has 15 heteroatoms. The predicted octanol–water partition coefficient (Wildman–Crippen LogP) is 1.86. The van der Waals surface area contributed by atoms with Gasteiger partial charge in [-0.05, 0) is 67.9 Å². The third-order valence-corrected chi connectivity index (χ3v) is 8.19. The summed E-state index contributed by atoms with van der Waals surface area (Å²) in [5.41, 5.74) is 0. The molecule has 2 fully saturated rings. The SMILES string of the molecule is O=C(O)[C@@H]1CCN1.O=C(O)[C@@H]1CCN1S(=O)(=O)c1ccc(F)cc1.O=S(=O)(Cl)c1ccc(F)cc1. The quantitative estimate of drug-likeness (QED) is 0.469. The summed E-state index contributed by atoms with van der Waals surface area (Å²) >= 11 is 0. The maximum Gasteiger partial charge on any atom is 0.322 e. The fourth-order valence-electron chi connectivity index (χ4n) is 2.74. The number of aliphatic carboxylic acids is 2. The lowest BCUT2D eigenvalue weighted by Gasteiger charge is -2.36. The standard InChI is InChI=1S/C10H10FNO4S.C6H4ClFO2S.C4H7NO2/c11-7-1-3-8(4-2-7)17(15,16)12-6-5-9(12)10(13)14;7-11(9,10)6-3-1-5(8)2-4-6;6-4(7)3-1-2-5-3/h1-4,9H,5-6H2,(H,13,14);1-4H;3,5H,1-2H2,(H,6,7)/t9-;;3-/m0.0/s1. The Hall–Kier alpha value is -2.65. The van der Waals surface area contributed by atoms with Crippen LogP contribution in [0.5, 0.6) is 0 Å². The first-order valence-corrected chi connectivity index (χ1v) is 13.6. The van der Waals surface area contributed by atoms with Crippen LogP contribution >= 0.6 is 10.7 Å². The van der Waals surface area contributed by atoms with Crippen molar-refractivity contribution in [1.29, 1.82) is 0 Å². The largest absolute Gasteiger partial charge is 0.480 e. The van der Waals surface area contributed by atoms with Gasteiger partial charge >= 0.3 is 11.9 Å². The highest BCUT2D eigenvalue weighted by atomic mass is 35.7. The van der Waals surface area contributed by atoms with Gasteiger partial charge in [0.1, 0.15) is 23.7 Å². The molecule has 2 aromatic rings. The number of sulfonamides is 1. The summed E-state index contributed by atoms with van der Waals surface area (Å²) in [7, 11) is -2.58. The van der Waals surface area contributed by atoms with Gasteiger partial charge in [0, 0.05) is 17.2 Å². The molecule has 0 amide bonds. The summed E-state index contributed by atoms with van der Waals surface area (Å²) in [4.78, 5) is 20.5. The zero-order valence-electron chi connectivity index (χ0n) is 17.8. The summed E-state index contributed by atoms with van der Waals surface area (Å²) < 4.78 is 71.0. The Bertz CT molecular complexity index is 1250. The second-order valence-electron chi connectivity index (χ2n) is 7.24. The molecule has 3 N–H and O–H groups in total. The van der Waals surface area contributed by atoms with Gasteiger partial charge in [-0.25, -0.2) is 25.6 Å². The molecule has 2 saturated heterocycles. The molecule has 0 unspecified atom stereocenters. The van der Waals surface area contributed by atoms with Gasteiger partial charge < -0.3 is 15.5 Å². The first-order valence-electron chi connectivity index (χ1n) is 9.90. The van der Waals surface area contributed by atoms with Gasteiger partial charge in [-0.1, -0.05) is 0 Å². The van der Waals surface area contributed by atoms with Crippen LogP contribution in [-0.4, -0.2) is 68.5 Å². The highest BCUT2D eigenvalue weighted by Crippen LogP contribution is 2.27. The van der Waals surface area contributed by atoms with Crippen LogP contribution in [0.3, 0.4) is 0 Å². The number of halogens is 3. The molecule has 10 nitrogen and oxygen atoms in total. The smallest absolute Gasteiger partial charge is 0.322 e. The Balaban J connectivity index is 0.000000205. The van der Waals surface area contributed by atoms with E-state index in [9.17, 15) is 35.2 Å². The third kappa shape index (κ3) is 7.93. The molecule has 0 radical (unpaired) electrons. The van der Waals surface area contributed by atoms with Crippen LogP contribution < -0.4 is 5.32 Å². The van der Waals surface area contributed by atoms with Gasteiger partial charge in [-0.2, -0.15) is 4.31 Å². The van der Waals surface area contributed by atoms with E-state index >= 15 is 0 Å². The number of carboxylic acids is 2. The maximum atomic E-state index is 12.7. The Morgan fingerprint density at radius 3 is 1.57 bits per heavy atom. The lowest BCUT2D eigenvalue weighted by atomic mass is 10.1. The summed E-state index contributed by atoms with van der Waals surface area (Å²) in [6, 6.07) is 7.35. The molecule has 35 heavy (non-hydrogen) atoms. The Morgan fingerprint density at radius 1 is 0.857 bits per heavy atom. The molecule has 0 bridgehead atoms. The first kappa shape index (κ1) is 28.6. The van der Waals surface area contributed by atoms with Crippen molar-refractivity contribution in [2.45, 2.75) is 34.7 Å². The highest BCUT2D eigenvalue weighted by molar-refractivity contribution is 8.13. The molecule has 0 saturated carbocycles. The molecule has 192 valence electrons. The van der Waals surface area contributed by atoms with Gasteiger partial charge in [0.15, 0.2) is 0 Å². The Kier molecular flexibility index (Phi) is 9.68. The minimum Gasteiger partial charge on any atom is -0.480 e. The van der Waals surface area contributed by atoms with E-state index < -0.39 is 48.7 Å². The molecule has 0 aromatic heterocycles. The van der Waals surface area contributed by atoms with E-state index in [1.807, 2.05) is 0 Å². The molecule has 2 heterocycles. The van der Waals surface area contributed by atoms with E-state index in [0.29, 0.717) is 6.42 Å². The van der Waals surface area contributed by atoms with Crippen molar-refractivity contribution in [3.8, 4) is 0 Å². The number of hydrogen-bond donors (Lipinski definition) is 3. The Morgan fingerprint density at radius 2 is 1.31 bits per heavy atom.